The average Bonchev–Trinajstić information content (AvgIpc) is 2.52. The van der Waals surface area contributed by atoms with Gasteiger partial charge in [0.25, 0.3) is 0 Å². The summed E-state index contributed by atoms with van der Waals surface area (Å²) in [7, 11) is 0. The molecule has 0 unspecified atom stereocenters. The van der Waals surface area contributed by atoms with Crippen molar-refractivity contribution in [3.8, 4) is 5.75 Å². The maximum absolute atomic E-state index is 12.1. The first-order valence-corrected chi connectivity index (χ1v) is 7.78. The number of hydrogen-bond acceptors (Lipinski definition) is 4. The zero-order chi connectivity index (χ0) is 14.8. The molecule has 3 rings (SSSR count). The Morgan fingerprint density at radius 1 is 1.10 bits per heavy atom. The Morgan fingerprint density at radius 3 is 2.52 bits per heavy atom. The molecule has 0 amide bonds. The van der Waals surface area contributed by atoms with E-state index in [1.165, 1.54) is 0 Å². The standard InChI is InChI=1S/C17H14O3S/c1-21-12-8-6-11(7-9-12)10-14-16(18)13-4-2-3-5-15(13)20-17(14)19/h2-9,18H,10H2,1H3. The highest BCUT2D eigenvalue weighted by Crippen LogP contribution is 2.27. The minimum absolute atomic E-state index is 0.00999. The fourth-order valence-corrected chi connectivity index (χ4v) is 2.68. The van der Waals surface area contributed by atoms with Crippen LogP contribution in [-0.4, -0.2) is 11.4 Å². The topological polar surface area (TPSA) is 50.4 Å². The van der Waals surface area contributed by atoms with Gasteiger partial charge in [0.15, 0.2) is 0 Å². The van der Waals surface area contributed by atoms with E-state index in [1.807, 2.05) is 30.5 Å². The van der Waals surface area contributed by atoms with Crippen molar-refractivity contribution in [2.24, 2.45) is 0 Å². The Balaban J connectivity index is 2.05. The molecule has 1 N–H and O–H groups in total. The molecule has 0 spiro atoms. The van der Waals surface area contributed by atoms with Crippen LogP contribution in [0.3, 0.4) is 0 Å². The summed E-state index contributed by atoms with van der Waals surface area (Å²) in [5, 5.41) is 10.9. The Morgan fingerprint density at radius 2 is 1.81 bits per heavy atom. The molecule has 106 valence electrons. The van der Waals surface area contributed by atoms with Gasteiger partial charge in [-0.25, -0.2) is 4.79 Å². The van der Waals surface area contributed by atoms with E-state index in [0.717, 1.165) is 10.5 Å². The first-order valence-electron chi connectivity index (χ1n) is 6.55. The van der Waals surface area contributed by atoms with Gasteiger partial charge in [-0.3, -0.25) is 0 Å². The van der Waals surface area contributed by atoms with Crippen LogP contribution in [0, 0.1) is 0 Å². The minimum atomic E-state index is -0.486. The van der Waals surface area contributed by atoms with Gasteiger partial charge in [0.2, 0.25) is 0 Å². The van der Waals surface area contributed by atoms with Crippen LogP contribution in [0.4, 0.5) is 0 Å². The van der Waals surface area contributed by atoms with E-state index in [4.69, 9.17) is 4.42 Å². The van der Waals surface area contributed by atoms with Crippen molar-refractivity contribution in [2.45, 2.75) is 11.3 Å². The number of para-hydroxylation sites is 1. The van der Waals surface area contributed by atoms with Crippen molar-refractivity contribution >= 4 is 22.7 Å². The number of rotatable bonds is 3. The summed E-state index contributed by atoms with van der Waals surface area (Å²) < 4.78 is 5.27. The summed E-state index contributed by atoms with van der Waals surface area (Å²) >= 11 is 1.66. The lowest BCUT2D eigenvalue weighted by Crippen LogP contribution is -2.08. The molecule has 0 radical (unpaired) electrons. The third-order valence-electron chi connectivity index (χ3n) is 3.42. The summed E-state index contributed by atoms with van der Waals surface area (Å²) in [5.74, 6) is 0.00999. The lowest BCUT2D eigenvalue weighted by atomic mass is 10.0. The normalized spacial score (nSPS) is 10.9. The molecule has 0 fully saturated rings. The predicted molar refractivity (Wildman–Crippen MR) is 85.2 cm³/mol. The van der Waals surface area contributed by atoms with Gasteiger partial charge in [0, 0.05) is 11.3 Å². The van der Waals surface area contributed by atoms with Crippen LogP contribution in [0.15, 0.2) is 62.6 Å². The molecule has 0 aliphatic rings. The SMILES string of the molecule is CSc1ccc(Cc2c(O)c3ccccc3oc2=O)cc1. The van der Waals surface area contributed by atoms with E-state index in [-0.39, 0.29) is 5.75 Å². The summed E-state index contributed by atoms with van der Waals surface area (Å²) in [4.78, 5) is 13.2. The Labute approximate surface area is 126 Å². The van der Waals surface area contributed by atoms with E-state index in [0.29, 0.717) is 23.0 Å². The van der Waals surface area contributed by atoms with E-state index in [1.54, 1.807) is 36.0 Å². The van der Waals surface area contributed by atoms with Crippen molar-refractivity contribution in [1.82, 2.24) is 0 Å². The van der Waals surface area contributed by atoms with Gasteiger partial charge in [-0.2, -0.15) is 0 Å². The van der Waals surface area contributed by atoms with Gasteiger partial charge in [-0.15, -0.1) is 11.8 Å². The molecule has 0 aliphatic carbocycles. The molecule has 3 aromatic rings. The molecule has 1 aromatic heterocycles. The van der Waals surface area contributed by atoms with Crippen LogP contribution < -0.4 is 5.63 Å². The molecule has 0 atom stereocenters. The quantitative estimate of drug-likeness (QED) is 0.590. The highest BCUT2D eigenvalue weighted by atomic mass is 32.2. The molecule has 1 heterocycles. The van der Waals surface area contributed by atoms with Gasteiger partial charge < -0.3 is 9.52 Å². The molecule has 3 nitrogen and oxygen atoms in total. The zero-order valence-electron chi connectivity index (χ0n) is 11.5. The zero-order valence-corrected chi connectivity index (χ0v) is 12.3. The summed E-state index contributed by atoms with van der Waals surface area (Å²) in [5.41, 5.74) is 1.18. The van der Waals surface area contributed by atoms with Crippen LogP contribution in [0.5, 0.6) is 5.75 Å². The third-order valence-corrected chi connectivity index (χ3v) is 4.16. The van der Waals surface area contributed by atoms with Gasteiger partial charge >= 0.3 is 5.63 Å². The number of aromatic hydroxyl groups is 1. The van der Waals surface area contributed by atoms with Crippen molar-refractivity contribution in [2.75, 3.05) is 6.26 Å². The number of thioether (sulfide) groups is 1. The Hall–Kier alpha value is -2.20. The summed E-state index contributed by atoms with van der Waals surface area (Å²) in [6.07, 6.45) is 2.37. The third kappa shape index (κ3) is 2.67. The molecule has 21 heavy (non-hydrogen) atoms. The van der Waals surface area contributed by atoms with Crippen LogP contribution in [0.25, 0.3) is 11.0 Å². The number of benzene rings is 2. The van der Waals surface area contributed by atoms with Gasteiger partial charge in [0.05, 0.1) is 10.9 Å². The lowest BCUT2D eigenvalue weighted by Gasteiger charge is -2.07. The highest BCUT2D eigenvalue weighted by Gasteiger charge is 2.14. The average molecular weight is 298 g/mol. The Bertz CT molecular complexity index is 835. The van der Waals surface area contributed by atoms with Gasteiger partial charge in [-0.05, 0) is 36.1 Å². The monoisotopic (exact) mass is 298 g/mol. The van der Waals surface area contributed by atoms with Crippen LogP contribution in [0.1, 0.15) is 11.1 Å². The van der Waals surface area contributed by atoms with E-state index in [9.17, 15) is 9.90 Å². The first-order chi connectivity index (χ1) is 10.2. The number of fused-ring (bicyclic) bond motifs is 1. The van der Waals surface area contributed by atoms with Crippen molar-refractivity contribution in [3.05, 3.63) is 70.1 Å². The molecule has 4 heteroatoms. The van der Waals surface area contributed by atoms with E-state index >= 15 is 0 Å². The molecular formula is C17H14O3S. The van der Waals surface area contributed by atoms with E-state index < -0.39 is 5.63 Å². The lowest BCUT2D eigenvalue weighted by molar-refractivity contribution is 0.458. The first kappa shape index (κ1) is 13.8. The second-order valence-electron chi connectivity index (χ2n) is 4.74. The summed E-state index contributed by atoms with van der Waals surface area (Å²) in [6, 6.07) is 14.9. The molecule has 0 saturated carbocycles. The van der Waals surface area contributed by atoms with Crippen molar-refractivity contribution in [3.63, 3.8) is 0 Å². The fraction of sp³-hybridized carbons (Fsp3) is 0.118. The fourth-order valence-electron chi connectivity index (χ4n) is 2.28. The highest BCUT2D eigenvalue weighted by molar-refractivity contribution is 7.98. The van der Waals surface area contributed by atoms with E-state index in [2.05, 4.69) is 0 Å². The van der Waals surface area contributed by atoms with Crippen LogP contribution in [-0.2, 0) is 6.42 Å². The predicted octanol–water partition coefficient (Wildman–Crippen LogP) is 3.81. The maximum Gasteiger partial charge on any atom is 0.343 e. The van der Waals surface area contributed by atoms with Crippen LogP contribution in [0.2, 0.25) is 0 Å². The number of hydrogen-bond donors (Lipinski definition) is 1. The molecule has 0 bridgehead atoms. The second-order valence-corrected chi connectivity index (χ2v) is 5.62. The molecule has 2 aromatic carbocycles. The molecule has 0 aliphatic heterocycles. The van der Waals surface area contributed by atoms with Crippen molar-refractivity contribution in [1.29, 1.82) is 0 Å². The van der Waals surface area contributed by atoms with Crippen molar-refractivity contribution < 1.29 is 9.52 Å². The van der Waals surface area contributed by atoms with Gasteiger partial charge in [0.1, 0.15) is 11.3 Å². The summed E-state index contributed by atoms with van der Waals surface area (Å²) in [6.45, 7) is 0. The second kappa shape index (κ2) is 5.66. The molecule has 0 saturated heterocycles. The van der Waals surface area contributed by atoms with Crippen LogP contribution >= 0.6 is 11.8 Å². The smallest absolute Gasteiger partial charge is 0.343 e. The largest absolute Gasteiger partial charge is 0.507 e. The minimum Gasteiger partial charge on any atom is -0.507 e. The molecular weight excluding hydrogens is 284 g/mol. The van der Waals surface area contributed by atoms with Gasteiger partial charge in [-0.1, -0.05) is 24.3 Å². The Kier molecular flexibility index (Phi) is 3.71. The maximum atomic E-state index is 12.1.